The fraction of sp³-hybridized carbons (Fsp3) is 0.238. The van der Waals surface area contributed by atoms with Gasteiger partial charge in [-0.1, -0.05) is 35.3 Å². The maximum absolute atomic E-state index is 12.9. The van der Waals surface area contributed by atoms with E-state index in [-0.39, 0.29) is 11.7 Å². The molecule has 9 nitrogen and oxygen atoms in total. The van der Waals surface area contributed by atoms with Gasteiger partial charge in [-0.2, -0.15) is 0 Å². The molecule has 0 unspecified atom stereocenters. The van der Waals surface area contributed by atoms with Crippen molar-refractivity contribution < 1.29 is 23.7 Å². The van der Waals surface area contributed by atoms with E-state index in [0.29, 0.717) is 32.6 Å². The fourth-order valence-electron chi connectivity index (χ4n) is 3.07. The van der Waals surface area contributed by atoms with Crippen molar-refractivity contribution in [2.45, 2.75) is 25.9 Å². The summed E-state index contributed by atoms with van der Waals surface area (Å²) in [6.45, 7) is 3.52. The molecule has 0 radical (unpaired) electrons. The number of benzene rings is 1. The van der Waals surface area contributed by atoms with Gasteiger partial charge in [0.2, 0.25) is 0 Å². The van der Waals surface area contributed by atoms with E-state index in [1.165, 1.54) is 6.20 Å². The van der Waals surface area contributed by atoms with Crippen LogP contribution >= 0.6 is 31.0 Å². The molecule has 1 atom stereocenters. The first-order valence-corrected chi connectivity index (χ1v) is 12.2. The predicted molar refractivity (Wildman–Crippen MR) is 127 cm³/mol. The van der Waals surface area contributed by atoms with Crippen molar-refractivity contribution in [1.29, 1.82) is 0 Å². The summed E-state index contributed by atoms with van der Waals surface area (Å²) < 4.78 is 15.8. The van der Waals surface area contributed by atoms with E-state index >= 15 is 0 Å². The van der Waals surface area contributed by atoms with E-state index in [1.807, 2.05) is 13.8 Å². The lowest BCUT2D eigenvalue weighted by molar-refractivity contribution is 0.0904. The van der Waals surface area contributed by atoms with Crippen molar-refractivity contribution in [3.8, 4) is 11.1 Å². The van der Waals surface area contributed by atoms with E-state index in [2.05, 4.69) is 25.1 Å². The number of aromatic nitrogens is 2. The number of hydrogen-bond donors (Lipinski definition) is 5. The monoisotopic (exact) mass is 512 g/mol. The van der Waals surface area contributed by atoms with Gasteiger partial charge in [0.05, 0.1) is 17.7 Å². The van der Waals surface area contributed by atoms with Crippen LogP contribution in [-0.2, 0) is 9.09 Å². The molecule has 176 valence electrons. The van der Waals surface area contributed by atoms with Crippen LogP contribution in [-0.4, -0.2) is 38.3 Å². The number of amides is 1. The minimum Gasteiger partial charge on any atom is -0.368 e. The number of carbonyl (C=O) groups excluding carboxylic acids is 1. The first kappa shape index (κ1) is 25.2. The second-order valence-corrected chi connectivity index (χ2v) is 9.60. The Hall–Kier alpha value is -2.39. The number of hydrogen-bond acceptors (Lipinski definition) is 5. The van der Waals surface area contributed by atoms with Crippen LogP contribution in [0.5, 0.6) is 0 Å². The fourth-order valence-corrected chi connectivity index (χ4v) is 3.82. The summed E-state index contributed by atoms with van der Waals surface area (Å²) in [5, 5.41) is 6.73. The predicted octanol–water partition coefficient (Wildman–Crippen LogP) is 4.78. The van der Waals surface area contributed by atoms with Gasteiger partial charge >= 0.3 is 7.82 Å². The highest BCUT2D eigenvalue weighted by Gasteiger charge is 2.23. The largest absolute Gasteiger partial charge is 0.469 e. The Morgan fingerprint density at radius 2 is 2.00 bits per heavy atom. The molecule has 2 aromatic heterocycles. The van der Waals surface area contributed by atoms with Crippen molar-refractivity contribution in [2.24, 2.45) is 0 Å². The Labute approximate surface area is 200 Å². The number of nitrogens with zero attached hydrogens (tertiary/aromatic N) is 1. The highest BCUT2D eigenvalue weighted by molar-refractivity contribution is 7.46. The number of anilines is 1. The number of carbonyl (C=O) groups is 1. The van der Waals surface area contributed by atoms with Crippen molar-refractivity contribution in [3.63, 3.8) is 0 Å². The molecule has 5 N–H and O–H groups in total. The zero-order valence-corrected chi connectivity index (χ0v) is 20.2. The van der Waals surface area contributed by atoms with Crippen molar-refractivity contribution in [1.82, 2.24) is 15.3 Å². The minimum atomic E-state index is -4.74. The van der Waals surface area contributed by atoms with E-state index in [9.17, 15) is 9.36 Å². The van der Waals surface area contributed by atoms with Crippen LogP contribution in [0.3, 0.4) is 0 Å². The third-order valence-corrected chi connectivity index (χ3v) is 5.52. The van der Waals surface area contributed by atoms with Crippen LogP contribution in [0.25, 0.3) is 11.1 Å². The maximum Gasteiger partial charge on any atom is 0.469 e. The second kappa shape index (κ2) is 10.7. The highest BCUT2D eigenvalue weighted by atomic mass is 35.5. The SMILES string of the molecule is CC(C)Nc1cc(-c2c[nH]c(C(=O)N[C@H](COP(=O)(O)O)c3cccc(Cl)c3)c2)c(Cl)cn1. The molecular weight excluding hydrogens is 490 g/mol. The lowest BCUT2D eigenvalue weighted by Gasteiger charge is -2.19. The van der Waals surface area contributed by atoms with Gasteiger partial charge in [-0.25, -0.2) is 9.55 Å². The van der Waals surface area contributed by atoms with Crippen LogP contribution < -0.4 is 10.6 Å². The van der Waals surface area contributed by atoms with Crippen LogP contribution in [0.1, 0.15) is 35.9 Å². The number of pyridine rings is 1. The van der Waals surface area contributed by atoms with Gasteiger partial charge in [-0.3, -0.25) is 9.32 Å². The smallest absolute Gasteiger partial charge is 0.368 e. The van der Waals surface area contributed by atoms with E-state index in [4.69, 9.17) is 33.0 Å². The molecule has 0 spiro atoms. The number of H-pyrrole nitrogens is 1. The standard InChI is InChI=1S/C21H23Cl2N4O5P/c1-12(2)26-20-8-16(17(23)10-25-20)14-7-18(24-9-14)21(28)27-19(11-32-33(29,30)31)13-4-3-5-15(22)6-13/h3-10,12,19,24H,11H2,1-2H3,(H,25,26)(H,27,28)(H2,29,30,31)/t19-/m1/s1. The molecule has 0 aliphatic carbocycles. The Morgan fingerprint density at radius 1 is 1.24 bits per heavy atom. The Morgan fingerprint density at radius 3 is 2.67 bits per heavy atom. The topological polar surface area (TPSA) is 137 Å². The minimum absolute atomic E-state index is 0.179. The normalized spacial score (nSPS) is 12.6. The molecule has 0 aliphatic heterocycles. The average molecular weight is 513 g/mol. The molecule has 0 saturated carbocycles. The van der Waals surface area contributed by atoms with Gasteiger partial charge in [0.15, 0.2) is 0 Å². The molecular formula is C21H23Cl2N4O5P. The van der Waals surface area contributed by atoms with Crippen molar-refractivity contribution in [2.75, 3.05) is 11.9 Å². The van der Waals surface area contributed by atoms with Gasteiger partial charge < -0.3 is 25.4 Å². The molecule has 12 heteroatoms. The Kier molecular flexibility index (Phi) is 8.18. The molecule has 2 heterocycles. The van der Waals surface area contributed by atoms with Gasteiger partial charge in [-0.15, -0.1) is 0 Å². The zero-order valence-electron chi connectivity index (χ0n) is 17.8. The number of phosphoric acid groups is 1. The van der Waals surface area contributed by atoms with Gasteiger partial charge in [0.1, 0.15) is 11.5 Å². The Balaban J connectivity index is 1.82. The summed E-state index contributed by atoms with van der Waals surface area (Å²) in [6, 6.07) is 9.28. The summed E-state index contributed by atoms with van der Waals surface area (Å²) in [6.07, 6.45) is 3.17. The van der Waals surface area contributed by atoms with E-state index < -0.39 is 26.4 Å². The zero-order chi connectivity index (χ0) is 24.2. The Bertz CT molecular complexity index is 1180. The second-order valence-electron chi connectivity index (χ2n) is 7.52. The number of phosphoric ester groups is 1. The van der Waals surface area contributed by atoms with Crippen LogP contribution in [0.15, 0.2) is 48.8 Å². The number of aromatic amines is 1. The molecule has 1 amide bonds. The van der Waals surface area contributed by atoms with Crippen LogP contribution in [0.4, 0.5) is 5.82 Å². The molecule has 3 aromatic rings. The van der Waals surface area contributed by atoms with E-state index in [0.717, 1.165) is 0 Å². The van der Waals surface area contributed by atoms with E-state index in [1.54, 1.807) is 42.6 Å². The average Bonchev–Trinajstić information content (AvgIpc) is 3.21. The first-order chi connectivity index (χ1) is 15.5. The maximum atomic E-state index is 12.9. The molecule has 0 bridgehead atoms. The first-order valence-electron chi connectivity index (χ1n) is 9.89. The van der Waals surface area contributed by atoms with Gasteiger partial charge in [0, 0.05) is 34.6 Å². The van der Waals surface area contributed by atoms with Crippen LogP contribution in [0, 0.1) is 0 Å². The van der Waals surface area contributed by atoms with Gasteiger partial charge in [-0.05, 0) is 43.7 Å². The lowest BCUT2D eigenvalue weighted by atomic mass is 10.1. The molecule has 3 rings (SSSR count). The summed E-state index contributed by atoms with van der Waals surface area (Å²) in [5.41, 5.74) is 2.10. The molecule has 1 aromatic carbocycles. The van der Waals surface area contributed by atoms with Crippen LogP contribution in [0.2, 0.25) is 10.0 Å². The summed E-state index contributed by atoms with van der Waals surface area (Å²) in [4.78, 5) is 38.2. The summed E-state index contributed by atoms with van der Waals surface area (Å²) in [7, 11) is -4.74. The molecule has 0 aliphatic rings. The highest BCUT2D eigenvalue weighted by Crippen LogP contribution is 2.37. The molecule has 0 saturated heterocycles. The molecule has 0 fully saturated rings. The van der Waals surface area contributed by atoms with Crippen molar-refractivity contribution in [3.05, 3.63) is 70.1 Å². The lowest BCUT2D eigenvalue weighted by Crippen LogP contribution is -2.31. The summed E-state index contributed by atoms with van der Waals surface area (Å²) in [5.74, 6) is 0.137. The third-order valence-electron chi connectivity index (χ3n) is 4.50. The number of nitrogens with one attached hydrogen (secondary N) is 3. The molecule has 33 heavy (non-hydrogen) atoms. The number of halogens is 2. The third kappa shape index (κ3) is 7.30. The number of rotatable bonds is 9. The van der Waals surface area contributed by atoms with Crippen molar-refractivity contribution >= 4 is 42.7 Å². The quantitative estimate of drug-likeness (QED) is 0.260. The van der Waals surface area contributed by atoms with Gasteiger partial charge in [0.25, 0.3) is 5.91 Å². The summed E-state index contributed by atoms with van der Waals surface area (Å²) >= 11 is 12.3.